The van der Waals surface area contributed by atoms with E-state index in [1.54, 1.807) is 0 Å². The van der Waals surface area contributed by atoms with Gasteiger partial charge < -0.3 is 15.3 Å². The number of hydrogen-bond acceptors (Lipinski definition) is 3. The standard InChI is InChI=1S/C16H23FN2O/c17-13-2-4-15(5-3-13)19-9-6-14(10-19)18-11-16(12-20)7-1-8-16/h2-5,14,18,20H,1,6-12H2. The normalized spacial score (nSPS) is 24.7. The highest BCUT2D eigenvalue weighted by Gasteiger charge is 2.37. The minimum atomic E-state index is -0.183. The van der Waals surface area contributed by atoms with Crippen molar-refractivity contribution >= 4 is 5.69 Å². The molecule has 1 unspecified atom stereocenters. The summed E-state index contributed by atoms with van der Waals surface area (Å²) in [7, 11) is 0. The molecule has 0 bridgehead atoms. The van der Waals surface area contributed by atoms with Crippen LogP contribution < -0.4 is 10.2 Å². The van der Waals surface area contributed by atoms with Crippen LogP contribution in [0.1, 0.15) is 25.7 Å². The van der Waals surface area contributed by atoms with Crippen LogP contribution in [0.15, 0.2) is 24.3 Å². The Morgan fingerprint density at radius 3 is 2.65 bits per heavy atom. The molecule has 2 fully saturated rings. The van der Waals surface area contributed by atoms with E-state index in [4.69, 9.17) is 0 Å². The Morgan fingerprint density at radius 1 is 1.30 bits per heavy atom. The number of anilines is 1. The van der Waals surface area contributed by atoms with E-state index in [-0.39, 0.29) is 11.2 Å². The quantitative estimate of drug-likeness (QED) is 0.866. The van der Waals surface area contributed by atoms with E-state index in [1.165, 1.54) is 18.6 Å². The lowest BCUT2D eigenvalue weighted by molar-refractivity contribution is 0.0426. The first-order valence-corrected chi connectivity index (χ1v) is 7.56. The first kappa shape index (κ1) is 13.8. The Balaban J connectivity index is 1.50. The number of aliphatic hydroxyl groups excluding tert-OH is 1. The molecule has 3 rings (SSSR count). The van der Waals surface area contributed by atoms with Crippen molar-refractivity contribution in [1.82, 2.24) is 5.32 Å². The van der Waals surface area contributed by atoms with Crippen molar-refractivity contribution in [3.8, 4) is 0 Å². The summed E-state index contributed by atoms with van der Waals surface area (Å²) in [5, 5.41) is 13.1. The lowest BCUT2D eigenvalue weighted by atomic mass is 9.69. The Hall–Kier alpha value is -1.13. The minimum Gasteiger partial charge on any atom is -0.396 e. The fourth-order valence-corrected chi connectivity index (χ4v) is 3.24. The molecule has 1 heterocycles. The predicted octanol–water partition coefficient (Wildman–Crippen LogP) is 2.16. The lowest BCUT2D eigenvalue weighted by Gasteiger charge is -2.41. The molecule has 20 heavy (non-hydrogen) atoms. The van der Waals surface area contributed by atoms with Crippen molar-refractivity contribution in [3.05, 3.63) is 30.1 Å². The van der Waals surface area contributed by atoms with Crippen molar-refractivity contribution in [2.75, 3.05) is 31.1 Å². The lowest BCUT2D eigenvalue weighted by Crippen LogP contribution is -2.46. The summed E-state index contributed by atoms with van der Waals surface area (Å²) in [5.74, 6) is -0.183. The first-order chi connectivity index (χ1) is 9.71. The molecule has 2 N–H and O–H groups in total. The van der Waals surface area contributed by atoms with Gasteiger partial charge in [-0.1, -0.05) is 6.42 Å². The Labute approximate surface area is 119 Å². The Kier molecular flexibility index (Phi) is 3.94. The SMILES string of the molecule is OCC1(CNC2CCN(c3ccc(F)cc3)C2)CCC1. The van der Waals surface area contributed by atoms with Gasteiger partial charge in [0.1, 0.15) is 5.82 Å². The average Bonchev–Trinajstić information content (AvgIpc) is 2.88. The summed E-state index contributed by atoms with van der Waals surface area (Å²) in [6.07, 6.45) is 4.64. The van der Waals surface area contributed by atoms with Crippen LogP contribution >= 0.6 is 0 Å². The number of nitrogens with one attached hydrogen (secondary N) is 1. The highest BCUT2D eigenvalue weighted by Crippen LogP contribution is 2.39. The molecule has 0 aromatic heterocycles. The molecule has 1 aliphatic heterocycles. The van der Waals surface area contributed by atoms with Gasteiger partial charge in [0.25, 0.3) is 0 Å². The molecule has 110 valence electrons. The predicted molar refractivity (Wildman–Crippen MR) is 78.4 cm³/mol. The summed E-state index contributed by atoms with van der Waals surface area (Å²) >= 11 is 0. The summed E-state index contributed by atoms with van der Waals surface area (Å²) in [5.41, 5.74) is 1.24. The Morgan fingerprint density at radius 2 is 2.05 bits per heavy atom. The molecule has 0 radical (unpaired) electrons. The van der Waals surface area contributed by atoms with Gasteiger partial charge in [0, 0.05) is 43.4 Å². The smallest absolute Gasteiger partial charge is 0.123 e. The third-order valence-corrected chi connectivity index (χ3v) is 4.90. The van der Waals surface area contributed by atoms with Gasteiger partial charge in [-0.25, -0.2) is 4.39 Å². The highest BCUT2D eigenvalue weighted by molar-refractivity contribution is 5.47. The van der Waals surface area contributed by atoms with Gasteiger partial charge >= 0.3 is 0 Å². The van der Waals surface area contributed by atoms with Gasteiger partial charge in [-0.3, -0.25) is 0 Å². The van der Waals surface area contributed by atoms with E-state index in [2.05, 4.69) is 10.2 Å². The zero-order chi connectivity index (χ0) is 14.0. The summed E-state index contributed by atoms with van der Waals surface area (Å²) in [6, 6.07) is 7.21. The summed E-state index contributed by atoms with van der Waals surface area (Å²) < 4.78 is 12.9. The largest absolute Gasteiger partial charge is 0.396 e. The van der Waals surface area contributed by atoms with Crippen molar-refractivity contribution in [2.24, 2.45) is 5.41 Å². The minimum absolute atomic E-state index is 0.142. The van der Waals surface area contributed by atoms with E-state index in [9.17, 15) is 9.50 Å². The van der Waals surface area contributed by atoms with Gasteiger partial charge in [-0.2, -0.15) is 0 Å². The van der Waals surface area contributed by atoms with Gasteiger partial charge in [0.05, 0.1) is 0 Å². The second-order valence-corrected chi connectivity index (χ2v) is 6.30. The molecule has 4 heteroatoms. The molecular weight excluding hydrogens is 255 g/mol. The summed E-state index contributed by atoms with van der Waals surface area (Å²) in [4.78, 5) is 2.30. The van der Waals surface area contributed by atoms with E-state index in [0.717, 1.165) is 44.6 Å². The molecule has 1 saturated heterocycles. The third kappa shape index (κ3) is 2.81. The van der Waals surface area contributed by atoms with E-state index < -0.39 is 0 Å². The monoisotopic (exact) mass is 278 g/mol. The van der Waals surface area contributed by atoms with Crippen LogP contribution in [0.3, 0.4) is 0 Å². The maximum absolute atomic E-state index is 12.9. The van der Waals surface area contributed by atoms with Crippen molar-refractivity contribution < 1.29 is 9.50 Å². The molecule has 0 amide bonds. The number of benzene rings is 1. The van der Waals surface area contributed by atoms with Crippen molar-refractivity contribution in [1.29, 1.82) is 0 Å². The zero-order valence-electron chi connectivity index (χ0n) is 11.8. The van der Waals surface area contributed by atoms with Crippen LogP contribution in [0.5, 0.6) is 0 Å². The molecule has 1 aromatic carbocycles. The second kappa shape index (κ2) is 5.70. The van der Waals surface area contributed by atoms with Crippen LogP contribution in [0.2, 0.25) is 0 Å². The molecule has 2 aliphatic rings. The number of hydrogen-bond donors (Lipinski definition) is 2. The van der Waals surface area contributed by atoms with Crippen molar-refractivity contribution in [3.63, 3.8) is 0 Å². The molecule has 1 aromatic rings. The topological polar surface area (TPSA) is 35.5 Å². The second-order valence-electron chi connectivity index (χ2n) is 6.30. The third-order valence-electron chi connectivity index (χ3n) is 4.90. The molecule has 0 spiro atoms. The van der Waals surface area contributed by atoms with Gasteiger partial charge in [0.15, 0.2) is 0 Å². The van der Waals surface area contributed by atoms with Gasteiger partial charge in [-0.05, 0) is 43.5 Å². The molecule has 1 atom stereocenters. The van der Waals surface area contributed by atoms with Crippen LogP contribution in [0, 0.1) is 11.2 Å². The van der Waals surface area contributed by atoms with Crippen LogP contribution in [0.25, 0.3) is 0 Å². The molecular formula is C16H23FN2O. The van der Waals surface area contributed by atoms with Crippen LogP contribution in [0.4, 0.5) is 10.1 Å². The fourth-order valence-electron chi connectivity index (χ4n) is 3.24. The Bertz CT molecular complexity index is 439. The van der Waals surface area contributed by atoms with Gasteiger partial charge in [-0.15, -0.1) is 0 Å². The number of nitrogens with zero attached hydrogens (tertiary/aromatic N) is 1. The summed E-state index contributed by atoms with van der Waals surface area (Å²) in [6.45, 7) is 3.20. The average molecular weight is 278 g/mol. The number of aliphatic hydroxyl groups is 1. The molecule has 1 aliphatic carbocycles. The fraction of sp³-hybridized carbons (Fsp3) is 0.625. The van der Waals surface area contributed by atoms with Crippen LogP contribution in [-0.4, -0.2) is 37.4 Å². The maximum Gasteiger partial charge on any atom is 0.123 e. The molecule has 1 saturated carbocycles. The maximum atomic E-state index is 12.9. The zero-order valence-corrected chi connectivity index (χ0v) is 11.8. The van der Waals surface area contributed by atoms with Gasteiger partial charge in [0.2, 0.25) is 0 Å². The highest BCUT2D eigenvalue weighted by atomic mass is 19.1. The van der Waals surface area contributed by atoms with Crippen molar-refractivity contribution in [2.45, 2.75) is 31.7 Å². The van der Waals surface area contributed by atoms with E-state index in [0.29, 0.717) is 12.6 Å². The number of rotatable bonds is 5. The molecule has 3 nitrogen and oxygen atoms in total. The first-order valence-electron chi connectivity index (χ1n) is 7.56. The van der Waals surface area contributed by atoms with E-state index in [1.807, 2.05) is 12.1 Å². The number of halogens is 1. The van der Waals surface area contributed by atoms with E-state index >= 15 is 0 Å². The van der Waals surface area contributed by atoms with Crippen LogP contribution in [-0.2, 0) is 0 Å².